The fourth-order valence-electron chi connectivity index (χ4n) is 4.34. The number of nitrogens with zero attached hydrogens (tertiary/aromatic N) is 5. The average molecular weight is 427 g/mol. The van der Waals surface area contributed by atoms with Gasteiger partial charge in [-0.15, -0.1) is 4.98 Å². The van der Waals surface area contributed by atoms with Crippen LogP contribution in [0.2, 0.25) is 0 Å². The van der Waals surface area contributed by atoms with Gasteiger partial charge in [0.2, 0.25) is 11.6 Å². The van der Waals surface area contributed by atoms with Crippen LogP contribution in [0.3, 0.4) is 0 Å². The molecule has 160 valence electrons. The summed E-state index contributed by atoms with van der Waals surface area (Å²) in [6, 6.07) is 3.99. The number of H-pyrrole nitrogens is 1. The van der Waals surface area contributed by atoms with Gasteiger partial charge in [-0.05, 0) is 18.6 Å². The molecular weight excluding hydrogens is 406 g/mol. The van der Waals surface area contributed by atoms with E-state index in [1.807, 2.05) is 11.8 Å². The summed E-state index contributed by atoms with van der Waals surface area (Å²) in [4.78, 5) is 28.8. The summed E-state index contributed by atoms with van der Waals surface area (Å²) >= 11 is 0. The summed E-state index contributed by atoms with van der Waals surface area (Å²) in [6.07, 6.45) is 5.39. The fourth-order valence-corrected chi connectivity index (χ4v) is 4.34. The van der Waals surface area contributed by atoms with Crippen molar-refractivity contribution in [3.63, 3.8) is 0 Å². The zero-order valence-electron chi connectivity index (χ0n) is 17.1. The predicted molar refractivity (Wildman–Crippen MR) is 108 cm³/mol. The van der Waals surface area contributed by atoms with Gasteiger partial charge in [0.25, 0.3) is 5.91 Å². The van der Waals surface area contributed by atoms with E-state index in [0.717, 1.165) is 6.07 Å². The Kier molecular flexibility index (Phi) is 4.47. The highest BCUT2D eigenvalue weighted by Gasteiger charge is 2.53. The van der Waals surface area contributed by atoms with Crippen LogP contribution in [0, 0.1) is 11.6 Å². The first-order chi connectivity index (χ1) is 15.0. The normalized spacial score (nSPS) is 20.6. The Bertz CT molecular complexity index is 1180. The van der Waals surface area contributed by atoms with Gasteiger partial charge in [0.15, 0.2) is 11.6 Å². The monoisotopic (exact) mass is 427 g/mol. The summed E-state index contributed by atoms with van der Waals surface area (Å²) in [5.74, 6) is -0.767. The minimum Gasteiger partial charge on any atom is -0.377 e. The molecule has 0 saturated carbocycles. The van der Waals surface area contributed by atoms with E-state index in [1.54, 1.807) is 35.1 Å². The van der Waals surface area contributed by atoms with E-state index in [1.165, 1.54) is 12.1 Å². The quantitative estimate of drug-likeness (QED) is 0.647. The van der Waals surface area contributed by atoms with Crippen LogP contribution < -0.4 is 14.4 Å². The van der Waals surface area contributed by atoms with Crippen LogP contribution >= 0.6 is 0 Å². The van der Waals surface area contributed by atoms with Crippen molar-refractivity contribution in [3.8, 4) is 17.3 Å². The molecule has 1 fully saturated rings. The third kappa shape index (κ3) is 2.74. The van der Waals surface area contributed by atoms with E-state index in [2.05, 4.69) is 9.97 Å². The van der Waals surface area contributed by atoms with Crippen molar-refractivity contribution in [3.05, 3.63) is 48.4 Å². The molecule has 2 aromatic heterocycles. The van der Waals surface area contributed by atoms with E-state index >= 15 is 0 Å². The number of fused-ring (bicyclic) bond motifs is 3. The number of benzene rings is 1. The number of halogens is 2. The lowest BCUT2D eigenvalue weighted by atomic mass is 9.89. The molecule has 1 amide bonds. The largest absolute Gasteiger partial charge is 0.391 e. The van der Waals surface area contributed by atoms with Crippen molar-refractivity contribution in [2.45, 2.75) is 18.9 Å². The Morgan fingerprint density at radius 2 is 2.19 bits per heavy atom. The summed E-state index contributed by atoms with van der Waals surface area (Å²) in [6.45, 7) is 3.23. The number of hydrogen-bond acceptors (Lipinski definition) is 5. The molecule has 3 aromatic rings. The number of anilines is 2. The van der Waals surface area contributed by atoms with E-state index in [0.29, 0.717) is 36.9 Å². The number of aromatic nitrogens is 4. The highest BCUT2D eigenvalue weighted by molar-refractivity contribution is 6.07. The van der Waals surface area contributed by atoms with Crippen molar-refractivity contribution < 1.29 is 22.9 Å². The number of rotatable bonds is 3. The molecule has 1 saturated heterocycles. The topological polar surface area (TPSA) is 78.2 Å². The van der Waals surface area contributed by atoms with Crippen LogP contribution in [0.4, 0.5) is 20.3 Å². The number of carbonyl (C=O) groups excluding carboxylic acids is 1. The molecule has 8 nitrogen and oxygen atoms in total. The van der Waals surface area contributed by atoms with Gasteiger partial charge in [0.1, 0.15) is 17.4 Å². The van der Waals surface area contributed by atoms with Crippen molar-refractivity contribution in [1.82, 2.24) is 15.0 Å². The molecule has 31 heavy (non-hydrogen) atoms. The van der Waals surface area contributed by atoms with Crippen LogP contribution in [0.1, 0.15) is 13.3 Å². The highest BCUT2D eigenvalue weighted by atomic mass is 19.2. The zero-order chi connectivity index (χ0) is 21.8. The van der Waals surface area contributed by atoms with Gasteiger partial charge in [-0.1, -0.05) is 18.0 Å². The van der Waals surface area contributed by atoms with Gasteiger partial charge in [-0.25, -0.2) is 8.78 Å². The molecular formula is C21H21F2N6O2+. The van der Waals surface area contributed by atoms with E-state index < -0.39 is 17.2 Å². The second kappa shape index (κ2) is 7.09. The highest BCUT2D eigenvalue weighted by Crippen LogP contribution is 2.41. The first-order valence-corrected chi connectivity index (χ1v) is 10.0. The van der Waals surface area contributed by atoms with Crippen molar-refractivity contribution >= 4 is 17.4 Å². The first-order valence-electron chi connectivity index (χ1n) is 10.0. The molecule has 0 aliphatic carbocycles. The van der Waals surface area contributed by atoms with E-state index in [-0.39, 0.29) is 24.0 Å². The Morgan fingerprint density at radius 3 is 3.00 bits per heavy atom. The van der Waals surface area contributed by atoms with Crippen molar-refractivity contribution in [2.75, 3.05) is 36.6 Å². The number of aromatic amines is 1. The zero-order valence-corrected chi connectivity index (χ0v) is 17.1. The van der Waals surface area contributed by atoms with E-state index in [4.69, 9.17) is 9.72 Å². The third-order valence-electron chi connectivity index (χ3n) is 6.07. The maximum absolute atomic E-state index is 14.4. The number of ether oxygens (including phenoxy) is 1. The number of likely N-dealkylation sites (N-methyl/N-ethyl adjacent to an activating group) is 1. The maximum atomic E-state index is 14.4. The Balaban J connectivity index is 1.66. The number of imidazole rings is 1. The predicted octanol–water partition coefficient (Wildman–Crippen LogP) is 1.99. The fraction of sp³-hybridized carbons (Fsp3) is 0.333. The lowest BCUT2D eigenvalue weighted by molar-refractivity contribution is -0.590. The lowest BCUT2D eigenvalue weighted by Gasteiger charge is -2.50. The molecule has 4 heterocycles. The van der Waals surface area contributed by atoms with Gasteiger partial charge in [-0.2, -0.15) is 4.57 Å². The molecule has 1 aromatic carbocycles. The SMILES string of the molecule is CC[C@@]12COCCN1c1nc(-[n+]3cc[nH]c3-c3cccc(F)c3F)ncc1N(C)C2=O. The lowest BCUT2D eigenvalue weighted by Crippen LogP contribution is -2.68. The number of amides is 1. The number of hydrogen-bond donors (Lipinski definition) is 1. The summed E-state index contributed by atoms with van der Waals surface area (Å²) in [5.41, 5.74) is -0.173. The number of morpholine rings is 1. The standard InChI is InChI=1S/C21H20F2N6O2/c1-3-21-12-31-10-9-29(21)18-15(27(2)19(21)30)11-25-20(26-18)28-8-7-24-17(28)13-5-4-6-14(22)16(13)23/h4-8,11H,3,9-10,12H2,1-2H3/p+1/t21-/m0/s1. The third-order valence-corrected chi connectivity index (χ3v) is 6.07. The Morgan fingerprint density at radius 1 is 1.35 bits per heavy atom. The van der Waals surface area contributed by atoms with Crippen molar-refractivity contribution in [2.24, 2.45) is 0 Å². The molecule has 2 aliphatic rings. The van der Waals surface area contributed by atoms with Gasteiger partial charge in [0.05, 0.1) is 31.2 Å². The first kappa shape index (κ1) is 19.6. The van der Waals surface area contributed by atoms with Crippen molar-refractivity contribution in [1.29, 1.82) is 0 Å². The maximum Gasteiger partial charge on any atom is 0.391 e. The van der Waals surface area contributed by atoms with Crippen LogP contribution in [0.15, 0.2) is 36.8 Å². The Hall–Kier alpha value is -3.40. The minimum atomic E-state index is -0.958. The number of nitrogens with one attached hydrogen (secondary N) is 1. The summed E-state index contributed by atoms with van der Waals surface area (Å²) in [5, 5.41) is 0. The second-order valence-electron chi connectivity index (χ2n) is 7.61. The summed E-state index contributed by atoms with van der Waals surface area (Å²) in [7, 11) is 1.70. The molecule has 0 unspecified atom stereocenters. The minimum absolute atomic E-state index is 0.0598. The van der Waals surface area contributed by atoms with Gasteiger partial charge in [-0.3, -0.25) is 9.78 Å². The molecule has 1 N–H and O–H groups in total. The molecule has 0 bridgehead atoms. The summed E-state index contributed by atoms with van der Waals surface area (Å²) < 4.78 is 35.4. The molecule has 1 atom stereocenters. The van der Waals surface area contributed by atoms with Crippen LogP contribution in [0.5, 0.6) is 0 Å². The molecule has 0 radical (unpaired) electrons. The van der Waals surface area contributed by atoms with Crippen LogP contribution in [-0.2, 0) is 9.53 Å². The van der Waals surface area contributed by atoms with Crippen LogP contribution in [-0.4, -0.2) is 53.2 Å². The molecule has 2 aliphatic heterocycles. The number of carbonyl (C=O) groups is 1. The van der Waals surface area contributed by atoms with Crippen LogP contribution in [0.25, 0.3) is 17.3 Å². The second-order valence-corrected chi connectivity index (χ2v) is 7.61. The van der Waals surface area contributed by atoms with E-state index in [9.17, 15) is 13.6 Å². The van der Waals surface area contributed by atoms with Gasteiger partial charge >= 0.3 is 5.95 Å². The molecule has 5 rings (SSSR count). The Labute approximate surface area is 177 Å². The average Bonchev–Trinajstić information content (AvgIpc) is 3.28. The molecule has 10 heteroatoms. The van der Waals surface area contributed by atoms with Gasteiger partial charge in [0, 0.05) is 13.6 Å². The van der Waals surface area contributed by atoms with Gasteiger partial charge < -0.3 is 14.5 Å². The molecule has 0 spiro atoms. The smallest absolute Gasteiger partial charge is 0.377 e.